The SMILES string of the molecule is CCNC(c1cc(F)ccc1C)C1(C)CCCCO1. The topological polar surface area (TPSA) is 21.3 Å². The lowest BCUT2D eigenvalue weighted by atomic mass is 9.82. The van der Waals surface area contributed by atoms with Crippen molar-refractivity contribution in [2.45, 2.75) is 51.7 Å². The molecular formula is C16H24FNO. The molecule has 19 heavy (non-hydrogen) atoms. The Balaban J connectivity index is 2.35. The molecule has 1 N–H and O–H groups in total. The van der Waals surface area contributed by atoms with Gasteiger partial charge in [-0.25, -0.2) is 4.39 Å². The highest BCUT2D eigenvalue weighted by molar-refractivity contribution is 5.31. The van der Waals surface area contributed by atoms with E-state index < -0.39 is 0 Å². The molecule has 0 aliphatic carbocycles. The van der Waals surface area contributed by atoms with Gasteiger partial charge in [-0.05, 0) is 62.9 Å². The van der Waals surface area contributed by atoms with Gasteiger partial charge in [-0.1, -0.05) is 13.0 Å². The minimum atomic E-state index is -0.243. The number of benzene rings is 1. The van der Waals surface area contributed by atoms with Crippen LogP contribution in [0.25, 0.3) is 0 Å². The van der Waals surface area contributed by atoms with Crippen molar-refractivity contribution >= 4 is 0 Å². The predicted molar refractivity (Wildman–Crippen MR) is 75.8 cm³/mol. The van der Waals surface area contributed by atoms with Crippen molar-refractivity contribution in [3.63, 3.8) is 0 Å². The first-order valence-electron chi connectivity index (χ1n) is 7.20. The predicted octanol–water partition coefficient (Wildman–Crippen LogP) is 3.74. The summed E-state index contributed by atoms with van der Waals surface area (Å²) in [6.07, 6.45) is 3.31. The zero-order valence-electron chi connectivity index (χ0n) is 12.1. The van der Waals surface area contributed by atoms with E-state index in [1.54, 1.807) is 6.07 Å². The summed E-state index contributed by atoms with van der Waals surface area (Å²) in [5, 5.41) is 3.49. The summed E-state index contributed by atoms with van der Waals surface area (Å²) in [6.45, 7) is 7.90. The van der Waals surface area contributed by atoms with E-state index in [0.29, 0.717) is 0 Å². The molecule has 1 aliphatic heterocycles. The summed E-state index contributed by atoms with van der Waals surface area (Å²) in [5.74, 6) is -0.178. The van der Waals surface area contributed by atoms with Crippen molar-refractivity contribution in [3.8, 4) is 0 Å². The standard InChI is InChI=1S/C16H24FNO/c1-4-18-15(16(3)9-5-6-10-19-16)14-11-13(17)8-7-12(14)2/h7-8,11,15,18H,4-6,9-10H2,1-3H3. The summed E-state index contributed by atoms with van der Waals surface area (Å²) in [4.78, 5) is 0. The molecule has 1 saturated heterocycles. The average Bonchev–Trinajstić information content (AvgIpc) is 2.40. The van der Waals surface area contributed by atoms with E-state index in [4.69, 9.17) is 4.74 Å². The first-order valence-corrected chi connectivity index (χ1v) is 7.20. The molecule has 0 radical (unpaired) electrons. The van der Waals surface area contributed by atoms with Crippen LogP contribution in [0.4, 0.5) is 4.39 Å². The number of likely N-dealkylation sites (N-methyl/N-ethyl adjacent to an activating group) is 1. The number of hydrogen-bond donors (Lipinski definition) is 1. The molecule has 1 fully saturated rings. The average molecular weight is 265 g/mol. The van der Waals surface area contributed by atoms with Gasteiger partial charge in [0.25, 0.3) is 0 Å². The zero-order valence-corrected chi connectivity index (χ0v) is 12.1. The highest BCUT2D eigenvalue weighted by Gasteiger charge is 2.38. The Morgan fingerprint density at radius 3 is 2.84 bits per heavy atom. The van der Waals surface area contributed by atoms with Crippen LogP contribution in [0.3, 0.4) is 0 Å². The molecule has 2 nitrogen and oxygen atoms in total. The maximum Gasteiger partial charge on any atom is 0.123 e. The fourth-order valence-corrected chi connectivity index (χ4v) is 2.96. The van der Waals surface area contributed by atoms with Crippen molar-refractivity contribution in [1.82, 2.24) is 5.32 Å². The summed E-state index contributed by atoms with van der Waals surface area (Å²) in [7, 11) is 0. The van der Waals surface area contributed by atoms with Gasteiger partial charge in [0.1, 0.15) is 5.82 Å². The van der Waals surface area contributed by atoms with Crippen LogP contribution in [0.2, 0.25) is 0 Å². The van der Waals surface area contributed by atoms with Gasteiger partial charge in [-0.3, -0.25) is 0 Å². The summed E-state index contributed by atoms with van der Waals surface area (Å²) >= 11 is 0. The molecule has 1 heterocycles. The first-order chi connectivity index (χ1) is 9.07. The van der Waals surface area contributed by atoms with E-state index in [1.165, 1.54) is 12.5 Å². The molecule has 1 aliphatic rings. The van der Waals surface area contributed by atoms with Crippen LogP contribution in [-0.4, -0.2) is 18.8 Å². The van der Waals surface area contributed by atoms with E-state index in [1.807, 2.05) is 13.0 Å². The van der Waals surface area contributed by atoms with E-state index in [0.717, 1.165) is 37.1 Å². The Morgan fingerprint density at radius 1 is 1.42 bits per heavy atom. The molecule has 0 amide bonds. The fraction of sp³-hybridized carbons (Fsp3) is 0.625. The van der Waals surface area contributed by atoms with E-state index in [-0.39, 0.29) is 17.5 Å². The second-order valence-corrected chi connectivity index (χ2v) is 5.61. The molecule has 2 rings (SSSR count). The number of halogens is 1. The van der Waals surface area contributed by atoms with Crippen LogP contribution < -0.4 is 5.32 Å². The molecule has 0 bridgehead atoms. The number of ether oxygens (including phenoxy) is 1. The molecule has 1 aromatic carbocycles. The molecule has 0 saturated carbocycles. The van der Waals surface area contributed by atoms with Crippen molar-refractivity contribution in [1.29, 1.82) is 0 Å². The number of rotatable bonds is 4. The van der Waals surface area contributed by atoms with Crippen LogP contribution in [0.15, 0.2) is 18.2 Å². The number of hydrogen-bond acceptors (Lipinski definition) is 2. The van der Waals surface area contributed by atoms with Gasteiger partial charge in [-0.2, -0.15) is 0 Å². The largest absolute Gasteiger partial charge is 0.373 e. The molecule has 0 spiro atoms. The van der Waals surface area contributed by atoms with E-state index >= 15 is 0 Å². The lowest BCUT2D eigenvalue weighted by molar-refractivity contribution is -0.0897. The normalized spacial score (nSPS) is 25.3. The lowest BCUT2D eigenvalue weighted by Crippen LogP contribution is -2.46. The van der Waals surface area contributed by atoms with Gasteiger partial charge in [-0.15, -0.1) is 0 Å². The van der Waals surface area contributed by atoms with Crippen molar-refractivity contribution in [3.05, 3.63) is 35.1 Å². The Morgan fingerprint density at radius 2 is 2.21 bits per heavy atom. The van der Waals surface area contributed by atoms with Crippen molar-refractivity contribution in [2.75, 3.05) is 13.2 Å². The molecule has 1 aromatic rings. The fourth-order valence-electron chi connectivity index (χ4n) is 2.96. The van der Waals surface area contributed by atoms with Crippen LogP contribution in [0, 0.1) is 12.7 Å². The number of nitrogens with one attached hydrogen (secondary N) is 1. The molecular weight excluding hydrogens is 241 g/mol. The summed E-state index contributed by atoms with van der Waals surface area (Å²) in [6, 6.07) is 5.06. The lowest BCUT2D eigenvalue weighted by Gasteiger charge is -2.41. The van der Waals surface area contributed by atoms with E-state index in [2.05, 4.69) is 19.2 Å². The van der Waals surface area contributed by atoms with Crippen LogP contribution in [0.5, 0.6) is 0 Å². The minimum absolute atomic E-state index is 0.0495. The van der Waals surface area contributed by atoms with Crippen LogP contribution in [-0.2, 0) is 4.74 Å². The maximum atomic E-state index is 13.6. The van der Waals surface area contributed by atoms with Gasteiger partial charge in [0.2, 0.25) is 0 Å². The van der Waals surface area contributed by atoms with Gasteiger partial charge in [0, 0.05) is 6.61 Å². The highest BCUT2D eigenvalue weighted by Crippen LogP contribution is 2.37. The quantitative estimate of drug-likeness (QED) is 0.895. The molecule has 2 atom stereocenters. The van der Waals surface area contributed by atoms with Crippen LogP contribution in [0.1, 0.15) is 50.3 Å². The zero-order chi connectivity index (χ0) is 13.9. The van der Waals surface area contributed by atoms with Gasteiger partial charge in [0.15, 0.2) is 0 Å². The Bertz CT molecular complexity index is 427. The first kappa shape index (κ1) is 14.5. The third-order valence-electron chi connectivity index (χ3n) is 4.07. The van der Waals surface area contributed by atoms with Gasteiger partial charge >= 0.3 is 0 Å². The minimum Gasteiger partial charge on any atom is -0.373 e. The second kappa shape index (κ2) is 6.02. The second-order valence-electron chi connectivity index (χ2n) is 5.61. The molecule has 0 aromatic heterocycles. The Hall–Kier alpha value is -0.930. The number of aryl methyl sites for hydroxylation is 1. The third kappa shape index (κ3) is 3.15. The smallest absolute Gasteiger partial charge is 0.123 e. The molecule has 3 heteroatoms. The third-order valence-corrected chi connectivity index (χ3v) is 4.07. The highest BCUT2D eigenvalue weighted by atomic mass is 19.1. The van der Waals surface area contributed by atoms with Crippen molar-refractivity contribution < 1.29 is 9.13 Å². The Labute approximate surface area is 115 Å². The van der Waals surface area contributed by atoms with Gasteiger partial charge in [0.05, 0.1) is 11.6 Å². The maximum absolute atomic E-state index is 13.6. The van der Waals surface area contributed by atoms with Crippen molar-refractivity contribution in [2.24, 2.45) is 0 Å². The molecule has 2 unspecified atom stereocenters. The summed E-state index contributed by atoms with van der Waals surface area (Å²) in [5.41, 5.74) is 1.89. The monoisotopic (exact) mass is 265 g/mol. The molecule has 106 valence electrons. The van der Waals surface area contributed by atoms with Gasteiger partial charge < -0.3 is 10.1 Å². The van der Waals surface area contributed by atoms with E-state index in [9.17, 15) is 4.39 Å². The summed E-state index contributed by atoms with van der Waals surface area (Å²) < 4.78 is 19.6. The van der Waals surface area contributed by atoms with Crippen LogP contribution >= 0.6 is 0 Å². The Kier molecular flexibility index (Phi) is 4.58.